The van der Waals surface area contributed by atoms with Crippen LogP contribution in [-0.4, -0.2) is 82.9 Å². The Morgan fingerprint density at radius 2 is 1.72 bits per heavy atom. The Morgan fingerprint density at radius 3 is 2.26 bits per heavy atom. The number of hydrogen-bond donors (Lipinski definition) is 0. The monoisotopic (exact) mass is 595 g/mol. The predicted molar refractivity (Wildman–Crippen MR) is 145 cm³/mol. The molecule has 0 radical (unpaired) electrons. The summed E-state index contributed by atoms with van der Waals surface area (Å²) in [5.41, 5.74) is 0.454. The molecule has 1 saturated heterocycles. The second-order valence-corrected chi connectivity index (χ2v) is 12.4. The van der Waals surface area contributed by atoms with Crippen molar-refractivity contribution in [3.05, 3.63) is 80.2 Å². The number of nitro groups is 1. The van der Waals surface area contributed by atoms with Gasteiger partial charge >= 0.3 is 0 Å². The summed E-state index contributed by atoms with van der Waals surface area (Å²) in [6.45, 7) is 3.34. The minimum atomic E-state index is -4.31. The van der Waals surface area contributed by atoms with Crippen LogP contribution in [0.2, 0.25) is 10.0 Å². The van der Waals surface area contributed by atoms with Crippen LogP contribution >= 0.6 is 23.2 Å². The second-order valence-electron chi connectivity index (χ2n) is 9.77. The first-order chi connectivity index (χ1) is 18.2. The average molecular weight is 596 g/mol. The topological polar surface area (TPSA) is 124 Å². The highest BCUT2D eigenvalue weighted by atomic mass is 35.5. The minimum Gasteiger partial charge on any atom is -0.311 e. The van der Waals surface area contributed by atoms with Gasteiger partial charge in [0.1, 0.15) is 22.8 Å². The molecule has 0 aliphatic carbocycles. The van der Waals surface area contributed by atoms with E-state index in [1.54, 1.807) is 32.8 Å². The van der Waals surface area contributed by atoms with E-state index >= 15 is 0 Å². The van der Waals surface area contributed by atoms with Crippen LogP contribution in [0.25, 0.3) is 0 Å². The quantitative estimate of drug-likeness (QED) is 0.355. The first kappa shape index (κ1) is 28.8. The third kappa shape index (κ3) is 5.33. The Hall–Kier alpha value is -3.19. The number of non-ortho nitro benzene ring substituents is 1. The average Bonchev–Trinajstić information content (AvgIpc) is 2.85. The maximum absolute atomic E-state index is 14.0. The number of fused-ring (bicyclic) bond motifs is 1. The fourth-order valence-corrected chi connectivity index (χ4v) is 6.80. The summed E-state index contributed by atoms with van der Waals surface area (Å²) in [6.07, 6.45) is 1.39. The summed E-state index contributed by atoms with van der Waals surface area (Å²) in [4.78, 5) is 42.1. The van der Waals surface area contributed by atoms with Crippen molar-refractivity contribution in [3.63, 3.8) is 0 Å². The van der Waals surface area contributed by atoms with Crippen LogP contribution in [-0.2, 0) is 26.0 Å². The van der Waals surface area contributed by atoms with Crippen LogP contribution in [0.1, 0.15) is 19.4 Å². The van der Waals surface area contributed by atoms with E-state index in [1.807, 2.05) is 0 Å². The number of benzene rings is 2. The van der Waals surface area contributed by atoms with Crippen LogP contribution in [0.5, 0.6) is 0 Å². The molecule has 2 heterocycles. The van der Waals surface area contributed by atoms with Crippen molar-refractivity contribution in [2.45, 2.75) is 43.3 Å². The number of nitro benzene ring substituents is 1. The second kappa shape index (κ2) is 10.8. The lowest BCUT2D eigenvalue weighted by Gasteiger charge is -2.49. The molecule has 2 aromatic carbocycles. The number of nitrogens with zero attached hydrogens (tertiary/aromatic N) is 5. The number of carbonyl (C=O) groups excluding carboxylic acids is 2. The SMILES string of the molecule is CC(C)N1C=C2N(C(=O)C(N(C)C)CN2S(=O)(=O)c2ccc(Cl)cc2Cl)C(Cc2ccc([N+](=O)[O-])cc2)C1=O. The summed E-state index contributed by atoms with van der Waals surface area (Å²) >= 11 is 12.3. The van der Waals surface area contributed by atoms with Crippen molar-refractivity contribution in [1.82, 2.24) is 19.0 Å². The molecule has 2 unspecified atom stereocenters. The maximum Gasteiger partial charge on any atom is 0.269 e. The van der Waals surface area contributed by atoms with E-state index in [2.05, 4.69) is 0 Å². The molecule has 2 aromatic rings. The smallest absolute Gasteiger partial charge is 0.269 e. The molecule has 39 heavy (non-hydrogen) atoms. The van der Waals surface area contributed by atoms with Gasteiger partial charge in [0.05, 0.1) is 16.5 Å². The molecular weight excluding hydrogens is 569 g/mol. The molecule has 0 bridgehead atoms. The van der Waals surface area contributed by atoms with Crippen molar-refractivity contribution in [1.29, 1.82) is 0 Å². The molecule has 0 aromatic heterocycles. The van der Waals surface area contributed by atoms with Gasteiger partial charge < -0.3 is 4.90 Å². The third-order valence-electron chi connectivity index (χ3n) is 6.69. The first-order valence-corrected chi connectivity index (χ1v) is 14.2. The minimum absolute atomic E-state index is 0.0128. The number of likely N-dealkylation sites (N-methyl/N-ethyl adjacent to an activating group) is 1. The summed E-state index contributed by atoms with van der Waals surface area (Å²) in [6, 6.07) is 7.36. The number of sulfonamides is 1. The largest absolute Gasteiger partial charge is 0.311 e. The van der Waals surface area contributed by atoms with Gasteiger partial charge in [0.25, 0.3) is 15.7 Å². The van der Waals surface area contributed by atoms with Crippen molar-refractivity contribution < 1.29 is 22.9 Å². The third-order valence-corrected chi connectivity index (χ3v) is 9.18. The number of carbonyl (C=O) groups is 2. The lowest BCUT2D eigenvalue weighted by atomic mass is 9.98. The predicted octanol–water partition coefficient (Wildman–Crippen LogP) is 3.33. The van der Waals surface area contributed by atoms with Gasteiger partial charge in [-0.25, -0.2) is 12.7 Å². The van der Waals surface area contributed by atoms with Gasteiger partial charge in [-0.1, -0.05) is 35.3 Å². The molecule has 2 amide bonds. The van der Waals surface area contributed by atoms with Crippen molar-refractivity contribution in [3.8, 4) is 0 Å². The molecule has 4 rings (SSSR count). The molecule has 1 fully saturated rings. The number of amides is 2. The number of hydrogen-bond acceptors (Lipinski definition) is 7. The van der Waals surface area contributed by atoms with Crippen LogP contribution in [0, 0.1) is 10.1 Å². The van der Waals surface area contributed by atoms with Crippen LogP contribution in [0.3, 0.4) is 0 Å². The van der Waals surface area contributed by atoms with Gasteiger partial charge in [0.2, 0.25) is 11.8 Å². The standard InChI is InChI=1S/C25H27Cl2N5O6S/c1-15(2)29-14-23-30(39(37,38)22-10-7-17(26)12-19(22)27)13-21(28(3)4)25(34)31(23)20(24(29)33)11-16-5-8-18(9-6-16)32(35)36/h5-10,12,14-15,20-21H,11,13H2,1-4H3. The fourth-order valence-electron chi connectivity index (χ4n) is 4.60. The molecule has 0 N–H and O–H groups in total. The van der Waals surface area contributed by atoms with Crippen LogP contribution in [0.4, 0.5) is 5.69 Å². The molecule has 0 saturated carbocycles. The van der Waals surface area contributed by atoms with Gasteiger partial charge in [-0.05, 0) is 51.7 Å². The van der Waals surface area contributed by atoms with E-state index in [1.165, 1.54) is 58.5 Å². The van der Waals surface area contributed by atoms with Crippen molar-refractivity contribution >= 4 is 50.7 Å². The Kier molecular flexibility index (Phi) is 7.95. The van der Waals surface area contributed by atoms with Gasteiger partial charge in [0, 0.05) is 35.8 Å². The summed E-state index contributed by atoms with van der Waals surface area (Å²) in [7, 11) is -1.01. The molecule has 2 aliphatic heterocycles. The van der Waals surface area contributed by atoms with Crippen LogP contribution < -0.4 is 0 Å². The maximum atomic E-state index is 14.0. The normalized spacial score (nSPS) is 20.0. The lowest BCUT2D eigenvalue weighted by molar-refractivity contribution is -0.384. The zero-order valence-corrected chi connectivity index (χ0v) is 23.9. The summed E-state index contributed by atoms with van der Waals surface area (Å²) in [5, 5.41) is 11.3. The molecular formula is C25H27Cl2N5O6S. The van der Waals surface area contributed by atoms with E-state index in [0.717, 1.165) is 4.31 Å². The van der Waals surface area contributed by atoms with E-state index < -0.39 is 38.8 Å². The van der Waals surface area contributed by atoms with E-state index in [9.17, 15) is 28.1 Å². The Balaban J connectivity index is 1.86. The molecule has 14 heteroatoms. The Bertz CT molecular complexity index is 1460. The van der Waals surface area contributed by atoms with Crippen LogP contribution in [0.15, 0.2) is 59.4 Å². The van der Waals surface area contributed by atoms with E-state index in [4.69, 9.17) is 23.2 Å². The number of halogens is 2. The lowest BCUT2D eigenvalue weighted by Crippen LogP contribution is -2.67. The zero-order valence-electron chi connectivity index (χ0n) is 21.6. The highest BCUT2D eigenvalue weighted by Gasteiger charge is 2.50. The summed E-state index contributed by atoms with van der Waals surface area (Å²) < 4.78 is 29.1. The van der Waals surface area contributed by atoms with E-state index in [0.29, 0.717) is 5.56 Å². The van der Waals surface area contributed by atoms with Gasteiger partial charge in [-0.3, -0.25) is 29.5 Å². The van der Waals surface area contributed by atoms with Crippen molar-refractivity contribution in [2.24, 2.45) is 0 Å². The molecule has 208 valence electrons. The molecule has 0 spiro atoms. The molecule has 11 nitrogen and oxygen atoms in total. The van der Waals surface area contributed by atoms with Gasteiger partial charge in [0.15, 0.2) is 0 Å². The highest BCUT2D eigenvalue weighted by Crippen LogP contribution is 2.37. The molecule has 2 aliphatic rings. The van der Waals surface area contributed by atoms with Gasteiger partial charge in [-0.15, -0.1) is 0 Å². The molecule has 2 atom stereocenters. The first-order valence-electron chi connectivity index (χ1n) is 12.0. The Morgan fingerprint density at radius 1 is 1.08 bits per heavy atom. The number of rotatable bonds is 7. The van der Waals surface area contributed by atoms with Gasteiger partial charge in [-0.2, -0.15) is 0 Å². The summed E-state index contributed by atoms with van der Waals surface area (Å²) in [5.74, 6) is -0.824. The zero-order chi connectivity index (χ0) is 28.8. The Labute approximate surface area is 236 Å². The van der Waals surface area contributed by atoms with Crippen molar-refractivity contribution in [2.75, 3.05) is 20.6 Å². The fraction of sp³-hybridized carbons (Fsp3) is 0.360. The highest BCUT2D eigenvalue weighted by molar-refractivity contribution is 7.89. The van der Waals surface area contributed by atoms with E-state index in [-0.39, 0.29) is 45.5 Å².